The van der Waals surface area contributed by atoms with Crippen molar-refractivity contribution in [2.24, 2.45) is 0 Å². The van der Waals surface area contributed by atoms with Crippen LogP contribution in [0.4, 0.5) is 0 Å². The predicted octanol–water partition coefficient (Wildman–Crippen LogP) is 1.09. The molecule has 0 saturated heterocycles. The van der Waals surface area contributed by atoms with Crippen molar-refractivity contribution < 1.29 is 14.4 Å². The Bertz CT molecular complexity index is 867. The number of aromatic amines is 1. The highest BCUT2D eigenvalue weighted by Crippen LogP contribution is 2.29. The molecule has 0 bridgehead atoms. The standard InChI is InChI=1S/C18H20N4O3/c23-16(21-22-18(25)17(24)19-11-6-7-11)10-5-8-15-13(9-10)12-3-1-2-4-14(12)20-15/h5,8-9,11,20H,1-4,6-7H2,(H,19,24)(H,21,23)(H,22,25). The van der Waals surface area contributed by atoms with Gasteiger partial charge >= 0.3 is 11.8 Å². The summed E-state index contributed by atoms with van der Waals surface area (Å²) in [6, 6.07) is 5.51. The number of H-pyrrole nitrogens is 1. The predicted molar refractivity (Wildman–Crippen MR) is 91.7 cm³/mol. The first kappa shape index (κ1) is 15.7. The molecule has 25 heavy (non-hydrogen) atoms. The van der Waals surface area contributed by atoms with Gasteiger partial charge in [0.25, 0.3) is 5.91 Å². The maximum Gasteiger partial charge on any atom is 0.327 e. The first-order chi connectivity index (χ1) is 12.1. The van der Waals surface area contributed by atoms with E-state index in [1.807, 2.05) is 12.1 Å². The van der Waals surface area contributed by atoms with E-state index in [1.165, 1.54) is 17.7 Å². The Hall–Kier alpha value is -2.83. The molecule has 4 rings (SSSR count). The van der Waals surface area contributed by atoms with E-state index in [4.69, 9.17) is 0 Å². The maximum absolute atomic E-state index is 12.3. The number of benzene rings is 1. The fourth-order valence-electron chi connectivity index (χ4n) is 3.27. The molecule has 1 saturated carbocycles. The summed E-state index contributed by atoms with van der Waals surface area (Å²) >= 11 is 0. The molecule has 2 aliphatic rings. The van der Waals surface area contributed by atoms with Gasteiger partial charge in [-0.2, -0.15) is 0 Å². The van der Waals surface area contributed by atoms with Crippen LogP contribution in [0.5, 0.6) is 0 Å². The topological polar surface area (TPSA) is 103 Å². The van der Waals surface area contributed by atoms with Crippen LogP contribution in [-0.4, -0.2) is 28.7 Å². The number of aromatic nitrogens is 1. The smallest absolute Gasteiger partial charge is 0.327 e. The van der Waals surface area contributed by atoms with Gasteiger partial charge in [0.1, 0.15) is 0 Å². The summed E-state index contributed by atoms with van der Waals surface area (Å²) in [6.07, 6.45) is 6.18. The Balaban J connectivity index is 1.44. The van der Waals surface area contributed by atoms with Crippen molar-refractivity contribution in [1.82, 2.24) is 21.2 Å². The molecule has 1 aromatic carbocycles. The van der Waals surface area contributed by atoms with Crippen LogP contribution in [0.15, 0.2) is 18.2 Å². The number of aryl methyl sites for hydroxylation is 2. The molecule has 3 amide bonds. The van der Waals surface area contributed by atoms with Crippen molar-refractivity contribution in [3.63, 3.8) is 0 Å². The number of hydrogen-bond donors (Lipinski definition) is 4. The summed E-state index contributed by atoms with van der Waals surface area (Å²) in [6.45, 7) is 0. The minimum absolute atomic E-state index is 0.0936. The van der Waals surface area contributed by atoms with Gasteiger partial charge in [-0.05, 0) is 62.3 Å². The van der Waals surface area contributed by atoms with Crippen molar-refractivity contribution in [3.8, 4) is 0 Å². The molecule has 2 aliphatic carbocycles. The minimum atomic E-state index is -0.861. The lowest BCUT2D eigenvalue weighted by molar-refractivity contribution is -0.139. The third-order valence-electron chi connectivity index (χ3n) is 4.77. The number of carbonyl (C=O) groups excluding carboxylic acids is 3. The number of nitrogens with one attached hydrogen (secondary N) is 4. The Morgan fingerprint density at radius 1 is 1.00 bits per heavy atom. The molecule has 2 aromatic rings. The lowest BCUT2D eigenvalue weighted by atomic mass is 9.95. The number of hydrazine groups is 1. The van der Waals surface area contributed by atoms with E-state index < -0.39 is 17.7 Å². The average Bonchev–Trinajstić information content (AvgIpc) is 3.36. The number of carbonyl (C=O) groups is 3. The zero-order valence-electron chi connectivity index (χ0n) is 13.8. The molecular weight excluding hydrogens is 320 g/mol. The maximum atomic E-state index is 12.3. The summed E-state index contributed by atoms with van der Waals surface area (Å²) in [4.78, 5) is 38.9. The zero-order chi connectivity index (χ0) is 17.4. The van der Waals surface area contributed by atoms with Crippen LogP contribution in [0.25, 0.3) is 10.9 Å². The van der Waals surface area contributed by atoms with E-state index in [-0.39, 0.29) is 6.04 Å². The first-order valence-corrected chi connectivity index (χ1v) is 8.66. The molecule has 0 radical (unpaired) electrons. The monoisotopic (exact) mass is 340 g/mol. The average molecular weight is 340 g/mol. The highest BCUT2D eigenvalue weighted by molar-refractivity contribution is 6.35. The molecule has 0 atom stereocenters. The van der Waals surface area contributed by atoms with E-state index in [1.54, 1.807) is 6.07 Å². The molecule has 7 nitrogen and oxygen atoms in total. The Labute approximate surface area is 144 Å². The van der Waals surface area contributed by atoms with Gasteiger partial charge in [-0.1, -0.05) is 0 Å². The van der Waals surface area contributed by atoms with Gasteiger partial charge < -0.3 is 10.3 Å². The van der Waals surface area contributed by atoms with Gasteiger partial charge in [0.15, 0.2) is 0 Å². The van der Waals surface area contributed by atoms with E-state index in [0.29, 0.717) is 5.56 Å². The SMILES string of the molecule is O=C(NNC(=O)c1ccc2[nH]c3c(c2c1)CCCC3)C(=O)NC1CC1. The van der Waals surface area contributed by atoms with Crippen molar-refractivity contribution in [2.75, 3.05) is 0 Å². The Morgan fingerprint density at radius 2 is 1.80 bits per heavy atom. The lowest BCUT2D eigenvalue weighted by Gasteiger charge is -2.11. The molecule has 1 heterocycles. The van der Waals surface area contributed by atoms with Crippen molar-refractivity contribution in [3.05, 3.63) is 35.0 Å². The fourth-order valence-corrected chi connectivity index (χ4v) is 3.27. The second-order valence-corrected chi connectivity index (χ2v) is 6.71. The second-order valence-electron chi connectivity index (χ2n) is 6.71. The molecule has 4 N–H and O–H groups in total. The van der Waals surface area contributed by atoms with Crippen LogP contribution in [0.2, 0.25) is 0 Å². The van der Waals surface area contributed by atoms with Crippen molar-refractivity contribution in [1.29, 1.82) is 0 Å². The molecule has 0 unspecified atom stereocenters. The minimum Gasteiger partial charge on any atom is -0.358 e. The zero-order valence-corrected chi connectivity index (χ0v) is 13.8. The van der Waals surface area contributed by atoms with Crippen LogP contribution in [-0.2, 0) is 22.4 Å². The summed E-state index contributed by atoms with van der Waals surface area (Å²) in [5.41, 5.74) is 8.47. The summed E-state index contributed by atoms with van der Waals surface area (Å²) in [7, 11) is 0. The van der Waals surface area contributed by atoms with Crippen LogP contribution >= 0.6 is 0 Å². The number of hydrogen-bond acceptors (Lipinski definition) is 3. The highest BCUT2D eigenvalue weighted by atomic mass is 16.2. The summed E-state index contributed by atoms with van der Waals surface area (Å²) in [5, 5.41) is 3.62. The van der Waals surface area contributed by atoms with Gasteiger partial charge in [0.05, 0.1) is 0 Å². The summed E-state index contributed by atoms with van der Waals surface area (Å²) in [5.74, 6) is -2.03. The molecule has 0 spiro atoms. The van der Waals surface area contributed by atoms with Gasteiger partial charge in [-0.15, -0.1) is 0 Å². The number of rotatable bonds is 2. The van der Waals surface area contributed by atoms with Gasteiger partial charge in [-0.3, -0.25) is 25.2 Å². The lowest BCUT2D eigenvalue weighted by Crippen LogP contribution is -2.48. The Morgan fingerprint density at radius 3 is 2.60 bits per heavy atom. The molecule has 1 aromatic heterocycles. The van der Waals surface area contributed by atoms with Crippen molar-refractivity contribution in [2.45, 2.75) is 44.6 Å². The molecule has 130 valence electrons. The van der Waals surface area contributed by atoms with E-state index in [0.717, 1.165) is 43.0 Å². The summed E-state index contributed by atoms with van der Waals surface area (Å²) < 4.78 is 0. The highest BCUT2D eigenvalue weighted by Gasteiger charge is 2.26. The van der Waals surface area contributed by atoms with Gasteiger partial charge in [-0.25, -0.2) is 0 Å². The first-order valence-electron chi connectivity index (χ1n) is 8.66. The number of amides is 3. The third kappa shape index (κ3) is 3.22. The number of fused-ring (bicyclic) bond motifs is 3. The van der Waals surface area contributed by atoms with Crippen LogP contribution in [0.1, 0.15) is 47.3 Å². The Kier molecular flexibility index (Phi) is 3.91. The quantitative estimate of drug-likeness (QED) is 0.486. The van der Waals surface area contributed by atoms with E-state index in [2.05, 4.69) is 21.2 Å². The largest absolute Gasteiger partial charge is 0.358 e. The van der Waals surface area contributed by atoms with Crippen LogP contribution in [0, 0.1) is 0 Å². The third-order valence-corrected chi connectivity index (χ3v) is 4.77. The van der Waals surface area contributed by atoms with Crippen molar-refractivity contribution >= 4 is 28.6 Å². The van der Waals surface area contributed by atoms with E-state index in [9.17, 15) is 14.4 Å². The van der Waals surface area contributed by atoms with Crippen LogP contribution < -0.4 is 16.2 Å². The molecule has 1 fully saturated rings. The molecule has 0 aliphatic heterocycles. The van der Waals surface area contributed by atoms with E-state index >= 15 is 0 Å². The van der Waals surface area contributed by atoms with Crippen LogP contribution in [0.3, 0.4) is 0 Å². The normalized spacial score (nSPS) is 16.2. The van der Waals surface area contributed by atoms with Gasteiger partial charge in [0, 0.05) is 28.2 Å². The van der Waals surface area contributed by atoms with Gasteiger partial charge in [0.2, 0.25) is 0 Å². The fraction of sp³-hybridized carbons (Fsp3) is 0.389. The molecular formula is C18H20N4O3. The second kappa shape index (κ2) is 6.23. The molecule has 7 heteroatoms.